The third-order valence-corrected chi connectivity index (χ3v) is 23.0. The normalized spacial score (nSPS) is 53.7. The molecule has 2 spiro atoms. The van der Waals surface area contributed by atoms with E-state index in [4.69, 9.17) is 42.6 Å². The average molecular weight is 1150 g/mol. The van der Waals surface area contributed by atoms with Crippen LogP contribution in [-0.4, -0.2) is 211 Å². The second-order valence-corrected chi connectivity index (χ2v) is 27.3. The summed E-state index contributed by atoms with van der Waals surface area (Å²) in [5.74, 6) is 0.997. The highest BCUT2D eigenvalue weighted by atomic mass is 16.8. The van der Waals surface area contributed by atoms with Gasteiger partial charge in [0.15, 0.2) is 25.2 Å². The van der Waals surface area contributed by atoms with Crippen molar-refractivity contribution in [3.63, 3.8) is 0 Å². The first-order chi connectivity index (χ1) is 38.1. The van der Waals surface area contributed by atoms with E-state index in [0.29, 0.717) is 29.2 Å². The third-order valence-electron chi connectivity index (χ3n) is 23.0. The summed E-state index contributed by atoms with van der Waals surface area (Å²) in [7, 11) is 0. The Balaban J connectivity index is 0.766. The summed E-state index contributed by atoms with van der Waals surface area (Å²) in [6.07, 6.45) is -14.5. The van der Waals surface area contributed by atoms with Crippen molar-refractivity contribution < 1.29 is 103 Å². The van der Waals surface area contributed by atoms with E-state index in [9.17, 15) is 60.7 Å². The Hall–Kier alpha value is -2.30. The standard InChI is InChI=1S/C59H93NO21/c1-25(12-11-13-26(2)49(71)60-37-27(3)28(4)74-50(37)72)31-16-18-57(10)35-15-14-34-55(7,8)36(17-19-58(34)24-59(35,58)21-20-56(31,57)9)79-51-45(69)41(65)33(23-73-51)78-53-47(43(67)39(63)30(6)76-53)81-54-48(44(68)40(64)32(22-61)77-54)80-52-46(70)42(66)38(62)29(5)75-52/h11-13,25,27-48,51-54,61-70H,14-24H2,1-10H3,(H,60,71). The van der Waals surface area contributed by atoms with Crippen molar-refractivity contribution in [1.82, 2.24) is 5.32 Å². The zero-order valence-electron chi connectivity index (χ0n) is 48.6. The fraction of sp³-hybridized carbons (Fsp3) is 0.898. The number of hydrogen-bond donors (Lipinski definition) is 11. The molecule has 0 radical (unpaired) electrons. The molecule has 0 aromatic heterocycles. The van der Waals surface area contributed by atoms with Gasteiger partial charge in [0, 0.05) is 11.5 Å². The van der Waals surface area contributed by atoms with E-state index in [0.717, 1.165) is 38.5 Å². The maximum Gasteiger partial charge on any atom is 0.329 e. The van der Waals surface area contributed by atoms with Crippen molar-refractivity contribution in [1.29, 1.82) is 0 Å². The largest absolute Gasteiger partial charge is 0.461 e. The first kappa shape index (κ1) is 61.8. The van der Waals surface area contributed by atoms with Crippen LogP contribution in [0.25, 0.3) is 0 Å². The van der Waals surface area contributed by atoms with Gasteiger partial charge in [0.25, 0.3) is 0 Å². The number of amides is 1. The van der Waals surface area contributed by atoms with Gasteiger partial charge in [-0.15, -0.1) is 0 Å². The number of allylic oxidation sites excluding steroid dienone is 3. The highest BCUT2D eigenvalue weighted by Gasteiger charge is 2.82. The maximum absolute atomic E-state index is 13.1. The number of esters is 1. The Morgan fingerprint density at radius 1 is 0.654 bits per heavy atom. The summed E-state index contributed by atoms with van der Waals surface area (Å²) in [5, 5.41) is 112. The lowest BCUT2D eigenvalue weighted by molar-refractivity contribution is -0.398. The van der Waals surface area contributed by atoms with Crippen LogP contribution in [0.4, 0.5) is 0 Å². The van der Waals surface area contributed by atoms with Crippen LogP contribution in [0.2, 0.25) is 0 Å². The molecule has 5 aliphatic heterocycles. The molecule has 0 aromatic rings. The van der Waals surface area contributed by atoms with Gasteiger partial charge >= 0.3 is 5.97 Å². The van der Waals surface area contributed by atoms with E-state index in [1.54, 1.807) is 6.92 Å². The Bertz CT molecular complexity index is 2340. The van der Waals surface area contributed by atoms with Gasteiger partial charge < -0.3 is 99.0 Å². The van der Waals surface area contributed by atoms with E-state index in [-0.39, 0.29) is 57.7 Å². The van der Waals surface area contributed by atoms with E-state index < -0.39 is 135 Å². The predicted molar refractivity (Wildman–Crippen MR) is 283 cm³/mol. The molecule has 5 aliphatic carbocycles. The first-order valence-electron chi connectivity index (χ1n) is 29.9. The number of aliphatic hydroxyl groups is 10. The van der Waals surface area contributed by atoms with Gasteiger partial charge in [0.1, 0.15) is 91.5 Å². The zero-order chi connectivity index (χ0) is 58.8. The number of rotatable bonds is 14. The summed E-state index contributed by atoms with van der Waals surface area (Å²) >= 11 is 0. The second-order valence-electron chi connectivity index (χ2n) is 27.3. The molecule has 81 heavy (non-hydrogen) atoms. The number of hydrogen-bond acceptors (Lipinski definition) is 21. The molecule has 5 saturated heterocycles. The lowest BCUT2D eigenvalue weighted by Gasteiger charge is -2.63. The molecule has 0 bridgehead atoms. The van der Waals surface area contributed by atoms with Crippen molar-refractivity contribution in [3.05, 3.63) is 23.8 Å². The van der Waals surface area contributed by atoms with Gasteiger partial charge in [-0.1, -0.05) is 59.8 Å². The molecule has 10 fully saturated rings. The van der Waals surface area contributed by atoms with Crippen molar-refractivity contribution in [2.75, 3.05) is 13.2 Å². The topological polar surface area (TPSA) is 332 Å². The number of nitrogens with one attached hydrogen (secondary N) is 1. The van der Waals surface area contributed by atoms with Crippen LogP contribution in [0.3, 0.4) is 0 Å². The predicted octanol–water partition coefficient (Wildman–Crippen LogP) is 0.982. The van der Waals surface area contributed by atoms with Crippen LogP contribution in [-0.2, 0) is 52.2 Å². The van der Waals surface area contributed by atoms with E-state index in [1.807, 2.05) is 26.0 Å². The fourth-order valence-electron chi connectivity index (χ4n) is 17.7. The van der Waals surface area contributed by atoms with Gasteiger partial charge in [-0.3, -0.25) is 4.79 Å². The molecule has 460 valence electrons. The molecule has 0 aromatic carbocycles. The molecule has 5 heterocycles. The Morgan fingerprint density at radius 2 is 1.26 bits per heavy atom. The smallest absolute Gasteiger partial charge is 0.329 e. The molecular formula is C59H93NO21. The number of cyclic esters (lactones) is 1. The molecule has 1 amide bonds. The first-order valence-corrected chi connectivity index (χ1v) is 29.9. The number of fused-ring (bicyclic) bond motifs is 2. The summed E-state index contributed by atoms with van der Waals surface area (Å²) in [4.78, 5) is 25.4. The Kier molecular flexibility index (Phi) is 17.4. The van der Waals surface area contributed by atoms with Gasteiger partial charge in [-0.2, -0.15) is 0 Å². The number of ether oxygens (including phenoxy) is 9. The minimum Gasteiger partial charge on any atom is -0.461 e. The monoisotopic (exact) mass is 1150 g/mol. The third kappa shape index (κ3) is 10.2. The van der Waals surface area contributed by atoms with Crippen molar-refractivity contribution in [2.45, 2.75) is 262 Å². The molecule has 22 nitrogen and oxygen atoms in total. The highest BCUT2D eigenvalue weighted by molar-refractivity contribution is 5.96. The second kappa shape index (κ2) is 22.8. The van der Waals surface area contributed by atoms with Crippen LogP contribution < -0.4 is 5.32 Å². The minimum atomic E-state index is -1.89. The van der Waals surface area contributed by atoms with Crippen molar-refractivity contribution in [3.8, 4) is 0 Å². The zero-order valence-corrected chi connectivity index (χ0v) is 48.6. The molecular weight excluding hydrogens is 1060 g/mol. The van der Waals surface area contributed by atoms with Gasteiger partial charge in [-0.05, 0) is 136 Å². The van der Waals surface area contributed by atoms with Crippen LogP contribution >= 0.6 is 0 Å². The van der Waals surface area contributed by atoms with Crippen LogP contribution in [0.5, 0.6) is 0 Å². The molecule has 31 unspecified atom stereocenters. The summed E-state index contributed by atoms with van der Waals surface area (Å²) < 4.78 is 53.8. The SMILES string of the molecule is CC(=CC=CC(C)C1CCC2(C)C3CCC4C(C)(C)C(OC5OCC(OC6OC(C)C(O)C(O)C6OC6OC(CO)C(O)C(O)C6OC6OC(C)C(O)C(O)C6O)C(O)C5O)CCC45CC35CCC12C)C(=O)NC1C(=O)OC(C)C1C. The molecule has 10 aliphatic rings. The number of carbonyl (C=O) groups is 2. The highest BCUT2D eigenvalue weighted by Crippen LogP contribution is 2.89. The van der Waals surface area contributed by atoms with Crippen LogP contribution in [0, 0.1) is 56.7 Å². The molecule has 10 rings (SSSR count). The van der Waals surface area contributed by atoms with Crippen molar-refractivity contribution in [2.24, 2.45) is 56.7 Å². The lowest BCUT2D eigenvalue weighted by Crippen LogP contribution is -2.67. The van der Waals surface area contributed by atoms with Crippen LogP contribution in [0.15, 0.2) is 23.8 Å². The fourth-order valence-corrected chi connectivity index (χ4v) is 17.7. The number of carbonyl (C=O) groups excluding carboxylic acids is 2. The van der Waals surface area contributed by atoms with Gasteiger partial charge in [0.2, 0.25) is 5.91 Å². The Labute approximate surface area is 474 Å². The lowest BCUT2D eigenvalue weighted by atomic mass is 9.42. The van der Waals surface area contributed by atoms with Gasteiger partial charge in [-0.25, -0.2) is 4.79 Å². The summed E-state index contributed by atoms with van der Waals surface area (Å²) in [6.45, 7) is 19.3. The molecule has 31 atom stereocenters. The summed E-state index contributed by atoms with van der Waals surface area (Å²) in [6, 6.07) is -0.648. The quantitative estimate of drug-likeness (QED) is 0.0500. The molecule has 11 N–H and O–H groups in total. The Morgan fingerprint density at radius 3 is 1.93 bits per heavy atom. The van der Waals surface area contributed by atoms with Crippen LogP contribution in [0.1, 0.15) is 127 Å². The van der Waals surface area contributed by atoms with Crippen molar-refractivity contribution >= 4 is 11.9 Å². The molecule has 5 saturated carbocycles. The maximum atomic E-state index is 13.1. The number of aliphatic hydroxyl groups excluding tert-OH is 10. The molecule has 22 heteroatoms. The van der Waals surface area contributed by atoms with E-state index in [1.165, 1.54) is 33.1 Å². The minimum absolute atomic E-state index is 0.102. The van der Waals surface area contributed by atoms with Gasteiger partial charge in [0.05, 0.1) is 31.5 Å². The average Bonchev–Trinajstić information content (AvgIpc) is 1.70. The van der Waals surface area contributed by atoms with E-state index >= 15 is 0 Å². The summed E-state index contributed by atoms with van der Waals surface area (Å²) in [5.41, 5.74) is 0.978. The van der Waals surface area contributed by atoms with E-state index in [2.05, 4.69) is 46.0 Å².